The average molecular weight is 796 g/mol. The van der Waals surface area contributed by atoms with Crippen molar-refractivity contribution in [2.75, 3.05) is 13.7 Å². The third-order valence-corrected chi connectivity index (χ3v) is 13.7. The van der Waals surface area contributed by atoms with Crippen LogP contribution >= 0.6 is 0 Å². The molecule has 1 aromatic heterocycles. The van der Waals surface area contributed by atoms with E-state index in [1.807, 2.05) is 39.0 Å². The van der Waals surface area contributed by atoms with Gasteiger partial charge in [-0.25, -0.2) is 18.2 Å². The Hall–Kier alpha value is -4.40. The van der Waals surface area contributed by atoms with Crippen LogP contribution in [-0.2, 0) is 29.1 Å². The van der Waals surface area contributed by atoms with E-state index < -0.39 is 74.1 Å². The minimum Gasteiger partial charge on any atom is -0.497 e. The van der Waals surface area contributed by atoms with Gasteiger partial charge in [-0.2, -0.15) is 0 Å². The third-order valence-electron chi connectivity index (χ3n) is 11.9. The summed E-state index contributed by atoms with van der Waals surface area (Å²) in [7, 11) is -2.33. The van der Waals surface area contributed by atoms with Gasteiger partial charge >= 0.3 is 6.09 Å². The molecule has 0 spiro atoms. The number of pyridine rings is 1. The summed E-state index contributed by atoms with van der Waals surface area (Å²) in [6.45, 7) is 15.6. The number of benzene rings is 1. The van der Waals surface area contributed by atoms with Gasteiger partial charge in [-0.05, 0) is 84.9 Å². The number of alkyl carbamates (subject to hydrolysis) is 1. The fourth-order valence-corrected chi connectivity index (χ4v) is 9.62. The van der Waals surface area contributed by atoms with Crippen LogP contribution in [0.25, 0.3) is 10.8 Å². The highest BCUT2D eigenvalue weighted by Crippen LogP contribution is 2.46. The molecular weight excluding hydrogens is 739 g/mol. The molecule has 3 aliphatic carbocycles. The summed E-state index contributed by atoms with van der Waals surface area (Å²) in [4.78, 5) is 62.2. The van der Waals surface area contributed by atoms with E-state index in [-0.39, 0.29) is 31.4 Å². The van der Waals surface area contributed by atoms with E-state index in [9.17, 15) is 27.6 Å². The number of sulfonamides is 1. The first-order valence-corrected chi connectivity index (χ1v) is 21.3. The summed E-state index contributed by atoms with van der Waals surface area (Å²) in [5, 5.41) is 6.55. The van der Waals surface area contributed by atoms with Crippen LogP contribution in [0, 0.1) is 29.1 Å². The largest absolute Gasteiger partial charge is 0.497 e. The average Bonchev–Trinajstić information content (AvgIpc) is 4.06. The quantitative estimate of drug-likeness (QED) is 0.237. The molecular formula is C41H57N5O9S. The Bertz CT molecular complexity index is 1960. The Labute approximate surface area is 329 Å². The summed E-state index contributed by atoms with van der Waals surface area (Å²) in [5.74, 6) is -0.689. The number of nitrogens with one attached hydrogen (secondary N) is 3. The van der Waals surface area contributed by atoms with E-state index in [2.05, 4.69) is 47.7 Å². The summed E-state index contributed by atoms with van der Waals surface area (Å²) in [5.41, 5.74) is -2.37. The van der Waals surface area contributed by atoms with Crippen LogP contribution in [0.15, 0.2) is 43.1 Å². The topological polar surface area (TPSA) is 182 Å². The summed E-state index contributed by atoms with van der Waals surface area (Å²) < 4.78 is 45.5. The van der Waals surface area contributed by atoms with Crippen molar-refractivity contribution >= 4 is 44.6 Å². The maximum atomic E-state index is 14.8. The minimum atomic E-state index is -3.90. The van der Waals surface area contributed by atoms with Crippen molar-refractivity contribution in [2.24, 2.45) is 29.1 Å². The molecule has 4 fully saturated rings. The molecule has 0 bridgehead atoms. The molecule has 14 nitrogen and oxygen atoms in total. The van der Waals surface area contributed by atoms with Gasteiger partial charge in [-0.15, -0.1) is 6.58 Å². The lowest BCUT2D eigenvalue weighted by molar-refractivity contribution is -0.143. The molecule has 56 heavy (non-hydrogen) atoms. The van der Waals surface area contributed by atoms with Crippen LogP contribution in [0.3, 0.4) is 0 Å². The lowest BCUT2D eigenvalue weighted by atomic mass is 9.75. The van der Waals surface area contributed by atoms with E-state index >= 15 is 0 Å². The Kier molecular flexibility index (Phi) is 11.7. The summed E-state index contributed by atoms with van der Waals surface area (Å²) in [6.07, 6.45) is 5.22. The van der Waals surface area contributed by atoms with Crippen molar-refractivity contribution < 1.29 is 41.8 Å². The zero-order chi connectivity index (χ0) is 40.7. The highest BCUT2D eigenvalue weighted by atomic mass is 32.2. The van der Waals surface area contributed by atoms with Crippen molar-refractivity contribution in [1.29, 1.82) is 0 Å². The zero-order valence-corrected chi connectivity index (χ0v) is 34.3. The predicted octanol–water partition coefficient (Wildman–Crippen LogP) is 4.86. The number of hydrogen-bond acceptors (Lipinski definition) is 10. The van der Waals surface area contributed by atoms with Crippen LogP contribution in [0.5, 0.6) is 11.6 Å². The van der Waals surface area contributed by atoms with Gasteiger partial charge in [0.15, 0.2) is 0 Å². The van der Waals surface area contributed by atoms with Crippen molar-refractivity contribution in [3.63, 3.8) is 0 Å². The Morgan fingerprint density at radius 3 is 2.43 bits per heavy atom. The number of nitrogens with zero attached hydrogens (tertiary/aromatic N) is 2. The molecule has 0 radical (unpaired) electrons. The lowest BCUT2D eigenvalue weighted by Gasteiger charge is -2.38. The van der Waals surface area contributed by atoms with Crippen molar-refractivity contribution in [1.82, 2.24) is 25.2 Å². The molecule has 1 aromatic carbocycles. The van der Waals surface area contributed by atoms with Gasteiger partial charge in [0.05, 0.1) is 18.9 Å². The number of carbonyl (C=O) groups excluding carboxylic acids is 4. The zero-order valence-electron chi connectivity index (χ0n) is 33.5. The fraction of sp³-hybridized carbons (Fsp3) is 0.634. The van der Waals surface area contributed by atoms with Gasteiger partial charge in [-0.1, -0.05) is 54.0 Å². The van der Waals surface area contributed by atoms with Gasteiger partial charge in [0, 0.05) is 23.9 Å². The number of likely N-dealkylation sites (tertiary alicyclic amines) is 1. The number of amides is 4. The van der Waals surface area contributed by atoms with E-state index in [4.69, 9.17) is 14.2 Å². The molecule has 3 N–H and O–H groups in total. The smallest absolute Gasteiger partial charge is 0.408 e. The molecule has 6 rings (SSSR count). The van der Waals surface area contributed by atoms with Crippen LogP contribution in [0.4, 0.5) is 4.79 Å². The van der Waals surface area contributed by atoms with E-state index in [1.165, 1.54) is 11.0 Å². The van der Waals surface area contributed by atoms with Gasteiger partial charge in [0.25, 0.3) is 5.91 Å². The lowest BCUT2D eigenvalue weighted by Crippen LogP contribution is -2.60. The van der Waals surface area contributed by atoms with Crippen LogP contribution < -0.4 is 24.8 Å². The monoisotopic (exact) mass is 795 g/mol. The number of aromatic nitrogens is 1. The Balaban J connectivity index is 1.27. The highest BCUT2D eigenvalue weighted by Gasteiger charge is 2.62. The molecule has 3 saturated carbocycles. The van der Waals surface area contributed by atoms with E-state index in [0.717, 1.165) is 24.6 Å². The van der Waals surface area contributed by atoms with Crippen molar-refractivity contribution in [2.45, 2.75) is 122 Å². The molecule has 4 amide bonds. The molecule has 1 saturated heterocycles. The summed E-state index contributed by atoms with van der Waals surface area (Å²) in [6, 6.07) is 5.02. The molecule has 8 atom stereocenters. The Morgan fingerprint density at radius 1 is 1.07 bits per heavy atom. The standard InChI is InChI=1S/C41H57N5O9S/c1-9-26-21-41(26,38(49)45-56(51,52)29-12-13-29)44-35(47)32-20-28(54-36-31-15-11-27(53-8)19-25(31)16-17-42-36)22-46(32)37(48)34(40(5,6)7)43-39(50)55-33-18-24(4)10-14-30(33)23(2)3/h9,11,15-17,19,23-24,26,28-30,32-34H,1,10,12-14,18,20-22H2,2-8H3,(H,43,50)(H,44,47)(H,45,49)/t24-,26+,28?,30+,32-,33-,34+,41+/m0/s1. The van der Waals surface area contributed by atoms with E-state index in [0.29, 0.717) is 41.7 Å². The van der Waals surface area contributed by atoms with Gasteiger partial charge in [0.2, 0.25) is 27.7 Å². The number of carbonyl (C=O) groups is 4. The number of ether oxygens (including phenoxy) is 3. The van der Waals surface area contributed by atoms with Crippen LogP contribution in [0.2, 0.25) is 0 Å². The maximum absolute atomic E-state index is 14.8. The number of hydrogen-bond donors (Lipinski definition) is 3. The second kappa shape index (κ2) is 15.9. The van der Waals surface area contributed by atoms with Gasteiger partial charge < -0.3 is 29.7 Å². The van der Waals surface area contributed by atoms with Gasteiger partial charge in [0.1, 0.15) is 35.6 Å². The number of fused-ring (bicyclic) bond motifs is 1. The van der Waals surface area contributed by atoms with Crippen molar-refractivity contribution in [3.05, 3.63) is 43.1 Å². The summed E-state index contributed by atoms with van der Waals surface area (Å²) >= 11 is 0. The second-order valence-electron chi connectivity index (χ2n) is 17.6. The van der Waals surface area contributed by atoms with Crippen LogP contribution in [-0.4, -0.2) is 90.9 Å². The highest BCUT2D eigenvalue weighted by molar-refractivity contribution is 7.91. The predicted molar refractivity (Wildman–Crippen MR) is 210 cm³/mol. The molecule has 2 heterocycles. The first-order chi connectivity index (χ1) is 26.4. The second-order valence-corrected chi connectivity index (χ2v) is 19.5. The SMILES string of the molecule is C=C[C@@H]1C[C@]1(NC(=O)[C@@H]1CC(Oc2nccc3cc(OC)ccc23)CN1C(=O)[C@@H](NC(=O)O[C@H]1C[C@@H](C)CC[C@@H]1C(C)C)C(C)(C)C)C(=O)NS(=O)(=O)C1CC1. The number of rotatable bonds is 13. The number of methoxy groups -OCH3 is 1. The normalized spacial score (nSPS) is 28.2. The molecule has 1 unspecified atom stereocenters. The molecule has 1 aliphatic heterocycles. The minimum absolute atomic E-state index is 0.0277. The maximum Gasteiger partial charge on any atom is 0.408 e. The molecule has 306 valence electrons. The molecule has 2 aromatic rings. The van der Waals surface area contributed by atoms with E-state index in [1.54, 1.807) is 19.4 Å². The molecule has 15 heteroatoms. The third kappa shape index (κ3) is 8.77. The fourth-order valence-electron chi connectivity index (χ4n) is 8.26. The van der Waals surface area contributed by atoms with Gasteiger partial charge in [-0.3, -0.25) is 19.1 Å². The Morgan fingerprint density at radius 2 is 1.80 bits per heavy atom. The molecule has 4 aliphatic rings. The van der Waals surface area contributed by atoms with Crippen molar-refractivity contribution in [3.8, 4) is 11.6 Å². The van der Waals surface area contributed by atoms with Crippen LogP contribution in [0.1, 0.15) is 86.5 Å². The first-order valence-electron chi connectivity index (χ1n) is 19.7. The first kappa shape index (κ1) is 41.2.